The fourth-order valence-corrected chi connectivity index (χ4v) is 2.04. The summed E-state index contributed by atoms with van der Waals surface area (Å²) in [5, 5.41) is 2.34. The molecule has 0 amide bonds. The Labute approximate surface area is 95.6 Å². The molecule has 14 heavy (non-hydrogen) atoms. The van der Waals surface area contributed by atoms with Crippen LogP contribution in [0.4, 0.5) is 0 Å². The van der Waals surface area contributed by atoms with E-state index >= 15 is 0 Å². The Balaban J connectivity index is 0.000000364. The van der Waals surface area contributed by atoms with Crippen molar-refractivity contribution in [2.24, 2.45) is 11.5 Å². The summed E-state index contributed by atoms with van der Waals surface area (Å²) in [6, 6.07) is 10.7. The number of benzene rings is 1. The summed E-state index contributed by atoms with van der Waals surface area (Å²) >= 11 is 0.473. The SMILES string of the molecule is NCCN.[CH3][Pt][CH2]Cc1ccccc1. The summed E-state index contributed by atoms with van der Waals surface area (Å²) in [5.41, 5.74) is 11.3. The fraction of sp³-hybridized carbons (Fsp3) is 0.455. The molecule has 0 unspecified atom stereocenters. The van der Waals surface area contributed by atoms with Crippen LogP contribution in [0.5, 0.6) is 0 Å². The molecule has 1 rings (SSSR count). The Kier molecular flexibility index (Phi) is 10.8. The van der Waals surface area contributed by atoms with Crippen molar-refractivity contribution in [2.75, 3.05) is 13.1 Å². The van der Waals surface area contributed by atoms with E-state index in [-0.39, 0.29) is 0 Å². The molecule has 0 saturated heterocycles. The maximum absolute atomic E-state index is 4.90. The zero-order valence-corrected chi connectivity index (χ0v) is 11.0. The van der Waals surface area contributed by atoms with Gasteiger partial charge in [0.15, 0.2) is 0 Å². The van der Waals surface area contributed by atoms with Crippen molar-refractivity contribution in [3.8, 4) is 0 Å². The molecule has 0 aliphatic carbocycles. The van der Waals surface area contributed by atoms with Crippen LogP contribution in [0.1, 0.15) is 5.56 Å². The zero-order chi connectivity index (χ0) is 10.6. The second kappa shape index (κ2) is 10.9. The minimum atomic E-state index is 0.473. The summed E-state index contributed by atoms with van der Waals surface area (Å²) in [4.78, 5) is 1.42. The van der Waals surface area contributed by atoms with Gasteiger partial charge in [-0.3, -0.25) is 0 Å². The van der Waals surface area contributed by atoms with Gasteiger partial charge in [0.2, 0.25) is 0 Å². The number of hydrogen-bond acceptors (Lipinski definition) is 2. The van der Waals surface area contributed by atoms with Gasteiger partial charge < -0.3 is 11.5 Å². The number of rotatable bonds is 4. The summed E-state index contributed by atoms with van der Waals surface area (Å²) < 4.78 is 0. The van der Waals surface area contributed by atoms with Crippen molar-refractivity contribution in [3.05, 3.63) is 35.9 Å². The molecule has 0 bridgehead atoms. The molecular formula is C11H20N2Pt. The molecule has 1 aromatic carbocycles. The van der Waals surface area contributed by atoms with Crippen molar-refractivity contribution < 1.29 is 18.6 Å². The van der Waals surface area contributed by atoms with Gasteiger partial charge in [-0.1, -0.05) is 0 Å². The van der Waals surface area contributed by atoms with Gasteiger partial charge in [0.25, 0.3) is 0 Å². The summed E-state index contributed by atoms with van der Waals surface area (Å²) in [6.07, 6.45) is 1.28. The summed E-state index contributed by atoms with van der Waals surface area (Å²) in [5.74, 6) is 0. The van der Waals surface area contributed by atoms with E-state index in [2.05, 4.69) is 35.6 Å². The van der Waals surface area contributed by atoms with Crippen molar-refractivity contribution in [1.82, 2.24) is 0 Å². The normalized spacial score (nSPS) is 9.36. The van der Waals surface area contributed by atoms with Crippen molar-refractivity contribution in [3.63, 3.8) is 0 Å². The molecular weight excluding hydrogens is 355 g/mol. The molecule has 2 nitrogen and oxygen atoms in total. The van der Waals surface area contributed by atoms with Gasteiger partial charge in [-0.25, -0.2) is 0 Å². The maximum atomic E-state index is 4.90. The van der Waals surface area contributed by atoms with Gasteiger partial charge >= 0.3 is 71.0 Å². The van der Waals surface area contributed by atoms with E-state index in [1.54, 1.807) is 0 Å². The molecule has 1 aromatic rings. The molecule has 3 heteroatoms. The molecule has 0 aliphatic heterocycles. The van der Waals surface area contributed by atoms with Gasteiger partial charge in [0.1, 0.15) is 0 Å². The van der Waals surface area contributed by atoms with Gasteiger partial charge in [0.05, 0.1) is 0 Å². The Bertz CT molecular complexity index is 200. The summed E-state index contributed by atoms with van der Waals surface area (Å²) in [6.45, 7) is 1.19. The van der Waals surface area contributed by atoms with Crippen LogP contribution in [0, 0.1) is 0 Å². The molecule has 0 aromatic heterocycles. The monoisotopic (exact) mass is 375 g/mol. The van der Waals surface area contributed by atoms with Crippen molar-refractivity contribution in [2.45, 2.75) is 16.5 Å². The Hall–Kier alpha value is -0.172. The van der Waals surface area contributed by atoms with E-state index in [1.165, 1.54) is 16.8 Å². The van der Waals surface area contributed by atoms with E-state index in [9.17, 15) is 0 Å². The predicted octanol–water partition coefficient (Wildman–Crippen LogP) is 1.68. The number of nitrogens with two attached hydrogens (primary N) is 2. The first kappa shape index (κ1) is 13.8. The van der Waals surface area contributed by atoms with Crippen LogP contribution in [-0.2, 0) is 25.0 Å². The zero-order valence-electron chi connectivity index (χ0n) is 8.69. The third-order valence-electron chi connectivity index (χ3n) is 1.54. The van der Waals surface area contributed by atoms with Gasteiger partial charge in [-0.2, -0.15) is 0 Å². The molecule has 0 heterocycles. The van der Waals surface area contributed by atoms with Crippen molar-refractivity contribution >= 4 is 0 Å². The predicted molar refractivity (Wildman–Crippen MR) is 58.9 cm³/mol. The van der Waals surface area contributed by atoms with Crippen LogP contribution >= 0.6 is 0 Å². The van der Waals surface area contributed by atoms with E-state index in [4.69, 9.17) is 11.5 Å². The molecule has 4 N–H and O–H groups in total. The summed E-state index contributed by atoms with van der Waals surface area (Å²) in [7, 11) is 0. The Morgan fingerprint density at radius 1 is 1.07 bits per heavy atom. The molecule has 0 aliphatic rings. The third kappa shape index (κ3) is 8.43. The minimum absolute atomic E-state index is 0.473. The second-order valence-electron chi connectivity index (χ2n) is 2.69. The third-order valence-corrected chi connectivity index (χ3v) is 3.24. The molecule has 0 spiro atoms. The molecule has 0 fully saturated rings. The van der Waals surface area contributed by atoms with Crippen molar-refractivity contribution in [1.29, 1.82) is 0 Å². The van der Waals surface area contributed by atoms with E-state index in [0.717, 1.165) is 0 Å². The first-order valence-corrected chi connectivity index (χ1v) is 8.50. The second-order valence-corrected chi connectivity index (χ2v) is 5.44. The van der Waals surface area contributed by atoms with Gasteiger partial charge in [-0.05, 0) is 0 Å². The number of hydrogen-bond donors (Lipinski definition) is 2. The van der Waals surface area contributed by atoms with Crippen LogP contribution in [0.2, 0.25) is 10.1 Å². The first-order valence-electron chi connectivity index (χ1n) is 4.62. The topological polar surface area (TPSA) is 52.0 Å². The molecule has 0 saturated carbocycles. The van der Waals surface area contributed by atoms with Crippen LogP contribution in [-0.4, -0.2) is 13.1 Å². The van der Waals surface area contributed by atoms with Crippen LogP contribution < -0.4 is 11.5 Å². The van der Waals surface area contributed by atoms with Crippen LogP contribution in [0.25, 0.3) is 0 Å². The van der Waals surface area contributed by atoms with Crippen LogP contribution in [0.3, 0.4) is 0 Å². The first-order chi connectivity index (χ1) is 6.85. The van der Waals surface area contributed by atoms with E-state index in [1.807, 2.05) is 0 Å². The quantitative estimate of drug-likeness (QED) is 0.842. The standard InChI is InChI=1S/C8H9.C2H8N2.CH3.Pt/c1-2-8-6-4-3-5-7-8;3-1-2-4;;/h3-7H,1-2H2;1-4H2;1H3;. The van der Waals surface area contributed by atoms with Crippen LogP contribution in [0.15, 0.2) is 30.3 Å². The fourth-order valence-electron chi connectivity index (χ4n) is 0.815. The van der Waals surface area contributed by atoms with Gasteiger partial charge in [0, 0.05) is 13.1 Å². The Morgan fingerprint density at radius 3 is 2.07 bits per heavy atom. The molecule has 0 radical (unpaired) electrons. The average molecular weight is 375 g/mol. The van der Waals surface area contributed by atoms with E-state index in [0.29, 0.717) is 31.7 Å². The van der Waals surface area contributed by atoms with E-state index < -0.39 is 0 Å². The average Bonchev–Trinajstić information content (AvgIpc) is 2.28. The molecule has 84 valence electrons. The number of aryl methyl sites for hydroxylation is 1. The molecule has 0 atom stereocenters. The van der Waals surface area contributed by atoms with Gasteiger partial charge in [-0.15, -0.1) is 0 Å². The Morgan fingerprint density at radius 2 is 1.64 bits per heavy atom.